The minimum atomic E-state index is -0.299. The quantitative estimate of drug-likeness (QED) is 0.792. The molecule has 4 atom stereocenters. The van der Waals surface area contributed by atoms with Crippen molar-refractivity contribution in [2.75, 3.05) is 13.6 Å². The number of carbonyl (C=O) groups excluding carboxylic acids is 1. The Kier molecular flexibility index (Phi) is 2.99. The van der Waals surface area contributed by atoms with Gasteiger partial charge < -0.3 is 10.6 Å². The molecule has 2 aliphatic rings. The van der Waals surface area contributed by atoms with E-state index in [0.29, 0.717) is 0 Å². The molecule has 2 saturated carbocycles. The van der Waals surface area contributed by atoms with E-state index in [0.717, 1.165) is 37.6 Å². The fourth-order valence-corrected chi connectivity index (χ4v) is 2.98. The van der Waals surface area contributed by atoms with Gasteiger partial charge in [0, 0.05) is 19.6 Å². The molecule has 0 aromatic carbocycles. The van der Waals surface area contributed by atoms with Crippen LogP contribution in [-0.2, 0) is 4.79 Å². The van der Waals surface area contributed by atoms with E-state index < -0.39 is 0 Å². The lowest BCUT2D eigenvalue weighted by atomic mass is 9.83. The molecular weight excluding hydrogens is 200 g/mol. The summed E-state index contributed by atoms with van der Waals surface area (Å²) >= 11 is 0. The van der Waals surface area contributed by atoms with E-state index in [4.69, 9.17) is 5.73 Å². The van der Waals surface area contributed by atoms with Gasteiger partial charge in [0.1, 0.15) is 0 Å². The van der Waals surface area contributed by atoms with E-state index in [-0.39, 0.29) is 17.4 Å². The average molecular weight is 224 g/mol. The van der Waals surface area contributed by atoms with Gasteiger partial charge in [0.15, 0.2) is 0 Å². The van der Waals surface area contributed by atoms with Gasteiger partial charge >= 0.3 is 0 Å². The van der Waals surface area contributed by atoms with Crippen molar-refractivity contribution in [2.24, 2.45) is 23.0 Å². The number of hydrogen-bond donors (Lipinski definition) is 1. The van der Waals surface area contributed by atoms with Crippen molar-refractivity contribution in [2.45, 2.75) is 45.6 Å². The van der Waals surface area contributed by atoms with Crippen LogP contribution in [0.1, 0.15) is 39.5 Å². The molecule has 0 aromatic rings. The van der Waals surface area contributed by atoms with Gasteiger partial charge in [-0.1, -0.05) is 13.3 Å². The molecule has 3 nitrogen and oxygen atoms in total. The van der Waals surface area contributed by atoms with Crippen molar-refractivity contribution in [3.05, 3.63) is 0 Å². The van der Waals surface area contributed by atoms with Crippen molar-refractivity contribution in [1.82, 2.24) is 4.90 Å². The maximum absolute atomic E-state index is 12.4. The molecule has 0 bridgehead atoms. The first kappa shape index (κ1) is 11.9. The van der Waals surface area contributed by atoms with Crippen molar-refractivity contribution in [3.63, 3.8) is 0 Å². The smallest absolute Gasteiger partial charge is 0.229 e. The minimum Gasteiger partial charge on any atom is -0.345 e. The number of rotatable bonds is 3. The third-order valence-electron chi connectivity index (χ3n) is 4.65. The molecule has 2 N–H and O–H groups in total. The summed E-state index contributed by atoms with van der Waals surface area (Å²) in [7, 11) is 1.93. The fourth-order valence-electron chi connectivity index (χ4n) is 2.98. The molecule has 0 radical (unpaired) electrons. The van der Waals surface area contributed by atoms with Crippen LogP contribution in [0.15, 0.2) is 0 Å². The van der Waals surface area contributed by atoms with Crippen LogP contribution in [0.25, 0.3) is 0 Å². The molecule has 16 heavy (non-hydrogen) atoms. The third-order valence-corrected chi connectivity index (χ3v) is 4.65. The van der Waals surface area contributed by atoms with E-state index in [9.17, 15) is 4.79 Å². The Hall–Kier alpha value is -0.570. The minimum absolute atomic E-state index is 0.0547. The van der Waals surface area contributed by atoms with E-state index in [1.165, 1.54) is 6.42 Å². The zero-order valence-corrected chi connectivity index (χ0v) is 10.7. The standard InChI is InChI=1S/C13H24N2O/c1-9-7-10(9)8-15(3)12(16)13(2)6-4-5-11(13)14/h9-11H,4-8,14H2,1-3H3. The average Bonchev–Trinajstić information content (AvgIpc) is 2.80. The number of amides is 1. The highest BCUT2D eigenvalue weighted by atomic mass is 16.2. The van der Waals surface area contributed by atoms with E-state index in [1.807, 2.05) is 18.9 Å². The van der Waals surface area contributed by atoms with Gasteiger partial charge in [-0.05, 0) is 38.0 Å². The van der Waals surface area contributed by atoms with E-state index in [1.54, 1.807) is 0 Å². The number of carbonyl (C=O) groups is 1. The first-order chi connectivity index (χ1) is 7.45. The maximum Gasteiger partial charge on any atom is 0.229 e. The maximum atomic E-state index is 12.4. The second kappa shape index (κ2) is 4.02. The molecule has 1 amide bonds. The van der Waals surface area contributed by atoms with Gasteiger partial charge in [0.05, 0.1) is 5.41 Å². The van der Waals surface area contributed by atoms with E-state index >= 15 is 0 Å². The van der Waals surface area contributed by atoms with Crippen molar-refractivity contribution in [3.8, 4) is 0 Å². The van der Waals surface area contributed by atoms with Crippen LogP contribution in [0.2, 0.25) is 0 Å². The molecule has 0 saturated heterocycles. The number of nitrogens with zero attached hydrogens (tertiary/aromatic N) is 1. The molecular formula is C13H24N2O. The Morgan fingerprint density at radius 3 is 2.62 bits per heavy atom. The Bertz CT molecular complexity index is 292. The molecule has 0 spiro atoms. The van der Waals surface area contributed by atoms with Crippen LogP contribution in [0, 0.1) is 17.3 Å². The summed E-state index contributed by atoms with van der Waals surface area (Å²) in [5.41, 5.74) is 5.78. The monoisotopic (exact) mass is 224 g/mol. The summed E-state index contributed by atoms with van der Waals surface area (Å²) in [4.78, 5) is 14.3. The Labute approximate surface area is 98.4 Å². The second-order valence-corrected chi connectivity index (χ2v) is 6.07. The predicted molar refractivity (Wildman–Crippen MR) is 64.8 cm³/mol. The third kappa shape index (κ3) is 1.97. The van der Waals surface area contributed by atoms with Crippen LogP contribution >= 0.6 is 0 Å². The van der Waals surface area contributed by atoms with Crippen LogP contribution in [0.3, 0.4) is 0 Å². The lowest BCUT2D eigenvalue weighted by Crippen LogP contribution is -2.48. The lowest BCUT2D eigenvalue weighted by molar-refractivity contribution is -0.140. The highest BCUT2D eigenvalue weighted by Gasteiger charge is 2.45. The van der Waals surface area contributed by atoms with Crippen molar-refractivity contribution in [1.29, 1.82) is 0 Å². The van der Waals surface area contributed by atoms with Gasteiger partial charge in [-0.2, -0.15) is 0 Å². The molecule has 0 aliphatic heterocycles. The van der Waals surface area contributed by atoms with Gasteiger partial charge in [-0.3, -0.25) is 4.79 Å². The zero-order chi connectivity index (χ0) is 11.9. The van der Waals surface area contributed by atoms with Crippen LogP contribution in [0.5, 0.6) is 0 Å². The Morgan fingerprint density at radius 2 is 2.19 bits per heavy atom. The zero-order valence-electron chi connectivity index (χ0n) is 10.7. The Morgan fingerprint density at radius 1 is 1.56 bits per heavy atom. The topological polar surface area (TPSA) is 46.3 Å². The van der Waals surface area contributed by atoms with Gasteiger partial charge in [0.2, 0.25) is 5.91 Å². The first-order valence-electron chi connectivity index (χ1n) is 6.46. The van der Waals surface area contributed by atoms with Crippen LogP contribution < -0.4 is 5.73 Å². The first-order valence-corrected chi connectivity index (χ1v) is 6.46. The molecule has 4 unspecified atom stereocenters. The summed E-state index contributed by atoms with van der Waals surface area (Å²) in [6.45, 7) is 5.22. The molecule has 0 heterocycles. The van der Waals surface area contributed by atoms with Gasteiger partial charge in [-0.25, -0.2) is 0 Å². The van der Waals surface area contributed by atoms with Gasteiger partial charge in [0.25, 0.3) is 0 Å². The molecule has 2 rings (SSSR count). The largest absolute Gasteiger partial charge is 0.345 e. The molecule has 0 aromatic heterocycles. The summed E-state index contributed by atoms with van der Waals surface area (Å²) < 4.78 is 0. The van der Waals surface area contributed by atoms with Gasteiger partial charge in [-0.15, -0.1) is 0 Å². The second-order valence-electron chi connectivity index (χ2n) is 6.07. The van der Waals surface area contributed by atoms with Crippen molar-refractivity contribution >= 4 is 5.91 Å². The normalized spacial score (nSPS) is 42.1. The highest BCUT2D eigenvalue weighted by Crippen LogP contribution is 2.41. The van der Waals surface area contributed by atoms with Crippen LogP contribution in [0.4, 0.5) is 0 Å². The molecule has 92 valence electrons. The summed E-state index contributed by atoms with van der Waals surface area (Å²) in [5, 5.41) is 0. The number of nitrogens with two attached hydrogens (primary N) is 1. The molecule has 2 aliphatic carbocycles. The number of hydrogen-bond acceptors (Lipinski definition) is 2. The molecule has 2 fully saturated rings. The summed E-state index contributed by atoms with van der Waals surface area (Å²) in [5.74, 6) is 1.80. The van der Waals surface area contributed by atoms with E-state index in [2.05, 4.69) is 6.92 Å². The summed E-state index contributed by atoms with van der Waals surface area (Å²) in [6.07, 6.45) is 4.32. The van der Waals surface area contributed by atoms with Crippen molar-refractivity contribution < 1.29 is 4.79 Å². The van der Waals surface area contributed by atoms with Crippen LogP contribution in [-0.4, -0.2) is 30.4 Å². The fraction of sp³-hybridized carbons (Fsp3) is 0.923. The lowest BCUT2D eigenvalue weighted by Gasteiger charge is -2.32. The predicted octanol–water partition coefficient (Wildman–Crippen LogP) is 1.62. The highest BCUT2D eigenvalue weighted by molar-refractivity contribution is 5.83. The molecule has 3 heteroatoms. The summed E-state index contributed by atoms with van der Waals surface area (Å²) in [6, 6.07) is 0.0547. The SMILES string of the molecule is CC1CC1CN(C)C(=O)C1(C)CCCC1N. The Balaban J connectivity index is 1.95.